The summed E-state index contributed by atoms with van der Waals surface area (Å²) in [7, 11) is 2.98. The second kappa shape index (κ2) is 11.7. The average Bonchev–Trinajstić information content (AvgIpc) is 3.11. The van der Waals surface area contributed by atoms with Gasteiger partial charge in [0.15, 0.2) is 6.61 Å². The van der Waals surface area contributed by atoms with E-state index in [1.54, 1.807) is 38.1 Å². The van der Waals surface area contributed by atoms with Gasteiger partial charge in [-0.3, -0.25) is 9.59 Å². The van der Waals surface area contributed by atoms with E-state index < -0.39 is 30.4 Å². The number of ether oxygens (including phenoxy) is 3. The predicted octanol–water partition coefficient (Wildman–Crippen LogP) is 2.80. The van der Waals surface area contributed by atoms with Crippen LogP contribution in [0.3, 0.4) is 0 Å². The van der Waals surface area contributed by atoms with Gasteiger partial charge in [0.05, 0.1) is 24.2 Å². The normalized spacial score (nSPS) is 10.5. The van der Waals surface area contributed by atoms with E-state index in [2.05, 4.69) is 10.6 Å². The van der Waals surface area contributed by atoms with Crippen molar-refractivity contribution in [1.29, 1.82) is 0 Å². The smallest absolute Gasteiger partial charge is 0.341 e. The van der Waals surface area contributed by atoms with Gasteiger partial charge in [-0.2, -0.15) is 0 Å². The van der Waals surface area contributed by atoms with Gasteiger partial charge in [0.25, 0.3) is 11.8 Å². The maximum atomic E-state index is 12.3. The molecule has 2 amide bonds. The second-order valence-corrected chi connectivity index (χ2v) is 7.31. The largest absolute Gasteiger partial charge is 0.496 e. The lowest BCUT2D eigenvalue weighted by Gasteiger charge is -2.07. The Balaban J connectivity index is 2.07. The van der Waals surface area contributed by atoms with Crippen molar-refractivity contribution in [2.24, 2.45) is 0 Å². The van der Waals surface area contributed by atoms with E-state index in [-0.39, 0.29) is 22.0 Å². The number of hydrogen-bond donors (Lipinski definition) is 2. The van der Waals surface area contributed by atoms with Crippen LogP contribution in [0.15, 0.2) is 30.3 Å². The van der Waals surface area contributed by atoms with Gasteiger partial charge in [0.1, 0.15) is 10.8 Å². The molecule has 32 heavy (non-hydrogen) atoms. The number of methoxy groups -OCH3 is 1. The van der Waals surface area contributed by atoms with Crippen molar-refractivity contribution in [2.45, 2.75) is 13.8 Å². The summed E-state index contributed by atoms with van der Waals surface area (Å²) in [5.74, 6) is -1.87. The van der Waals surface area contributed by atoms with Crippen molar-refractivity contribution in [3.05, 3.63) is 51.9 Å². The van der Waals surface area contributed by atoms with Crippen LogP contribution in [0.2, 0.25) is 0 Å². The molecule has 0 bridgehead atoms. The second-order valence-electron chi connectivity index (χ2n) is 6.29. The number of nitrogens with one attached hydrogen (secondary N) is 2. The van der Waals surface area contributed by atoms with Crippen LogP contribution < -0.4 is 15.4 Å². The fourth-order valence-electron chi connectivity index (χ4n) is 2.69. The van der Waals surface area contributed by atoms with Crippen molar-refractivity contribution >= 4 is 46.2 Å². The Morgan fingerprint density at radius 3 is 2.50 bits per heavy atom. The molecule has 0 spiro atoms. The molecule has 0 atom stereocenters. The predicted molar refractivity (Wildman–Crippen MR) is 120 cm³/mol. The lowest BCUT2D eigenvalue weighted by Crippen LogP contribution is -2.21. The third-order valence-corrected chi connectivity index (χ3v) is 5.40. The van der Waals surface area contributed by atoms with Crippen LogP contribution >= 0.6 is 11.3 Å². The number of carbonyl (C=O) groups is 4. The molecule has 2 rings (SSSR count). The summed E-state index contributed by atoms with van der Waals surface area (Å²) in [5.41, 5.74) is 1.15. The van der Waals surface area contributed by atoms with Gasteiger partial charge < -0.3 is 24.8 Å². The molecular weight excluding hydrogens is 436 g/mol. The Bertz CT molecular complexity index is 1040. The molecule has 0 radical (unpaired) electrons. The molecule has 170 valence electrons. The molecule has 0 aliphatic heterocycles. The number of anilines is 1. The molecule has 1 aromatic carbocycles. The van der Waals surface area contributed by atoms with Crippen LogP contribution in [0.4, 0.5) is 5.00 Å². The Kier molecular flexibility index (Phi) is 8.96. The molecule has 0 aliphatic rings. The molecule has 0 saturated heterocycles. The molecule has 10 heteroatoms. The number of benzene rings is 1. The molecule has 2 N–H and O–H groups in total. The fraction of sp³-hybridized carbons (Fsp3) is 0.273. The molecule has 9 nitrogen and oxygen atoms in total. The minimum Gasteiger partial charge on any atom is -0.496 e. The Morgan fingerprint density at radius 2 is 1.84 bits per heavy atom. The SMILES string of the molecule is CCOC(=O)c1c(NC(=O)COC(=O)/C=C/c2ccccc2OC)sc(C(=O)NC)c1C. The van der Waals surface area contributed by atoms with Crippen LogP contribution in [0, 0.1) is 6.92 Å². The minimum absolute atomic E-state index is 0.0891. The van der Waals surface area contributed by atoms with E-state index in [1.165, 1.54) is 26.3 Å². The summed E-state index contributed by atoms with van der Waals surface area (Å²) in [5, 5.41) is 5.14. The quantitative estimate of drug-likeness (QED) is 0.436. The van der Waals surface area contributed by atoms with Gasteiger partial charge in [0, 0.05) is 18.7 Å². The molecule has 0 aliphatic carbocycles. The van der Waals surface area contributed by atoms with Gasteiger partial charge in [0.2, 0.25) is 0 Å². The molecule has 0 fully saturated rings. The van der Waals surface area contributed by atoms with Gasteiger partial charge in [-0.25, -0.2) is 9.59 Å². The maximum Gasteiger partial charge on any atom is 0.341 e. The van der Waals surface area contributed by atoms with Crippen LogP contribution in [0.5, 0.6) is 5.75 Å². The summed E-state index contributed by atoms with van der Waals surface area (Å²) in [6.07, 6.45) is 2.68. The number of carbonyl (C=O) groups excluding carboxylic acids is 4. The number of para-hydroxylation sites is 1. The lowest BCUT2D eigenvalue weighted by molar-refractivity contribution is -0.142. The first kappa shape index (κ1) is 24.6. The highest BCUT2D eigenvalue weighted by Gasteiger charge is 2.26. The zero-order valence-electron chi connectivity index (χ0n) is 18.1. The molecule has 2 aromatic rings. The summed E-state index contributed by atoms with van der Waals surface area (Å²) in [6.45, 7) is 2.79. The molecule has 1 aromatic heterocycles. The molecule has 0 saturated carbocycles. The zero-order valence-corrected chi connectivity index (χ0v) is 19.0. The van der Waals surface area contributed by atoms with Gasteiger partial charge in [-0.05, 0) is 31.6 Å². The average molecular weight is 461 g/mol. The summed E-state index contributed by atoms with van der Waals surface area (Å²) >= 11 is 0.934. The number of esters is 2. The molecular formula is C22H24N2O7S. The highest BCUT2D eigenvalue weighted by atomic mass is 32.1. The first-order valence-electron chi connectivity index (χ1n) is 9.62. The van der Waals surface area contributed by atoms with E-state index in [1.807, 2.05) is 0 Å². The van der Waals surface area contributed by atoms with E-state index in [0.717, 1.165) is 11.3 Å². The monoisotopic (exact) mass is 460 g/mol. The minimum atomic E-state index is -0.731. The highest BCUT2D eigenvalue weighted by Crippen LogP contribution is 2.33. The van der Waals surface area contributed by atoms with Crippen LogP contribution in [-0.2, 0) is 19.1 Å². The van der Waals surface area contributed by atoms with Gasteiger partial charge in [-0.15, -0.1) is 11.3 Å². The van der Waals surface area contributed by atoms with Gasteiger partial charge in [-0.1, -0.05) is 18.2 Å². The van der Waals surface area contributed by atoms with Crippen molar-refractivity contribution in [2.75, 3.05) is 32.7 Å². The van der Waals surface area contributed by atoms with Crippen molar-refractivity contribution < 1.29 is 33.4 Å². The summed E-state index contributed by atoms with van der Waals surface area (Å²) in [4.78, 5) is 48.9. The highest BCUT2D eigenvalue weighted by molar-refractivity contribution is 7.18. The van der Waals surface area contributed by atoms with E-state index in [0.29, 0.717) is 16.9 Å². The third kappa shape index (κ3) is 6.17. The third-order valence-electron chi connectivity index (χ3n) is 4.20. The number of amides is 2. The Morgan fingerprint density at radius 1 is 1.12 bits per heavy atom. The molecule has 1 heterocycles. The van der Waals surface area contributed by atoms with Crippen molar-refractivity contribution in [3.8, 4) is 5.75 Å². The van der Waals surface area contributed by atoms with Crippen molar-refractivity contribution in [1.82, 2.24) is 5.32 Å². The molecule has 0 unspecified atom stereocenters. The first-order valence-corrected chi connectivity index (χ1v) is 10.4. The Labute approximate surface area is 189 Å². The number of rotatable bonds is 9. The number of hydrogen-bond acceptors (Lipinski definition) is 8. The van der Waals surface area contributed by atoms with E-state index in [4.69, 9.17) is 14.2 Å². The lowest BCUT2D eigenvalue weighted by atomic mass is 10.1. The first-order chi connectivity index (χ1) is 15.3. The fourth-order valence-corrected chi connectivity index (χ4v) is 3.85. The van der Waals surface area contributed by atoms with Gasteiger partial charge >= 0.3 is 11.9 Å². The standard InChI is InChI=1S/C22H24N2O7S/c1-5-30-22(28)18-13(2)19(20(27)23-3)32-21(18)24-16(25)12-31-17(26)11-10-14-8-6-7-9-15(14)29-4/h6-11H,5,12H2,1-4H3,(H,23,27)(H,24,25)/b11-10+. The summed E-state index contributed by atoms with van der Waals surface area (Å²) < 4.78 is 15.2. The van der Waals surface area contributed by atoms with Crippen LogP contribution in [-0.4, -0.2) is 51.1 Å². The Hall–Kier alpha value is -3.66. The van der Waals surface area contributed by atoms with E-state index >= 15 is 0 Å². The van der Waals surface area contributed by atoms with E-state index in [9.17, 15) is 19.2 Å². The van der Waals surface area contributed by atoms with Crippen LogP contribution in [0.1, 0.15) is 38.1 Å². The summed E-state index contributed by atoms with van der Waals surface area (Å²) in [6, 6.07) is 7.09. The van der Waals surface area contributed by atoms with Crippen molar-refractivity contribution in [3.63, 3.8) is 0 Å². The number of thiophene rings is 1. The topological polar surface area (TPSA) is 120 Å². The zero-order chi connectivity index (χ0) is 23.7. The van der Waals surface area contributed by atoms with Crippen LogP contribution in [0.25, 0.3) is 6.08 Å². The maximum absolute atomic E-state index is 12.3.